The van der Waals surface area contributed by atoms with E-state index in [4.69, 9.17) is 16.3 Å². The molecule has 1 aliphatic heterocycles. The molecule has 2 heterocycles. The van der Waals surface area contributed by atoms with Gasteiger partial charge < -0.3 is 4.74 Å². The first kappa shape index (κ1) is 10.9. The Hall–Kier alpha value is -0.600. The Morgan fingerprint density at radius 2 is 2.47 bits per heavy atom. The average molecular weight is 226 g/mol. The van der Waals surface area contributed by atoms with Gasteiger partial charge in [0, 0.05) is 36.2 Å². The van der Waals surface area contributed by atoms with Crippen LogP contribution in [0, 0.1) is 12.8 Å². The molecule has 2 rings (SSSR count). The zero-order valence-electron chi connectivity index (χ0n) is 8.95. The van der Waals surface area contributed by atoms with Gasteiger partial charge in [-0.25, -0.2) is 0 Å². The minimum absolute atomic E-state index is 0.155. The molecule has 15 heavy (non-hydrogen) atoms. The molecule has 2 nitrogen and oxygen atoms in total. The van der Waals surface area contributed by atoms with E-state index >= 15 is 0 Å². The molecule has 82 valence electrons. The van der Waals surface area contributed by atoms with E-state index in [9.17, 15) is 0 Å². The first-order chi connectivity index (χ1) is 7.25. The third-order valence-electron chi connectivity index (χ3n) is 2.85. The summed E-state index contributed by atoms with van der Waals surface area (Å²) < 4.78 is 5.33. The van der Waals surface area contributed by atoms with Crippen LogP contribution in [0.3, 0.4) is 0 Å². The Labute approximate surface area is 95.6 Å². The Bertz CT molecular complexity index is 306. The van der Waals surface area contributed by atoms with Gasteiger partial charge in [0.15, 0.2) is 0 Å². The molecule has 2 atom stereocenters. The molecule has 0 radical (unpaired) electrons. The van der Waals surface area contributed by atoms with Gasteiger partial charge in [-0.3, -0.25) is 4.98 Å². The molecule has 1 aromatic heterocycles. The van der Waals surface area contributed by atoms with Crippen molar-refractivity contribution in [2.45, 2.75) is 25.1 Å². The van der Waals surface area contributed by atoms with E-state index in [0.29, 0.717) is 5.92 Å². The van der Waals surface area contributed by atoms with Crippen LogP contribution in [0.2, 0.25) is 0 Å². The minimum atomic E-state index is 0.155. The van der Waals surface area contributed by atoms with Crippen LogP contribution in [-0.4, -0.2) is 23.6 Å². The smallest absolute Gasteiger partial charge is 0.0509 e. The molecule has 1 saturated heterocycles. The lowest BCUT2D eigenvalue weighted by Crippen LogP contribution is -2.18. The van der Waals surface area contributed by atoms with Crippen LogP contribution in [-0.2, 0) is 11.2 Å². The number of halogens is 1. The van der Waals surface area contributed by atoms with Crippen molar-refractivity contribution in [1.29, 1.82) is 0 Å². The Balaban J connectivity index is 1.92. The fourth-order valence-electron chi connectivity index (χ4n) is 1.82. The van der Waals surface area contributed by atoms with Crippen LogP contribution < -0.4 is 0 Å². The summed E-state index contributed by atoms with van der Waals surface area (Å²) in [4.78, 5) is 4.36. The van der Waals surface area contributed by atoms with Gasteiger partial charge in [-0.15, -0.1) is 11.6 Å². The van der Waals surface area contributed by atoms with Crippen molar-refractivity contribution in [1.82, 2.24) is 4.98 Å². The van der Waals surface area contributed by atoms with Crippen LogP contribution >= 0.6 is 11.6 Å². The van der Waals surface area contributed by atoms with E-state index in [0.717, 1.165) is 31.7 Å². The van der Waals surface area contributed by atoms with Gasteiger partial charge in [0.05, 0.1) is 6.61 Å². The Kier molecular flexibility index (Phi) is 3.60. The SMILES string of the molecule is Cc1ccc(CC(Cl)C2CCOC2)nc1. The Morgan fingerprint density at radius 3 is 3.07 bits per heavy atom. The summed E-state index contributed by atoms with van der Waals surface area (Å²) >= 11 is 6.34. The lowest BCUT2D eigenvalue weighted by Gasteiger charge is -2.14. The lowest BCUT2D eigenvalue weighted by molar-refractivity contribution is 0.185. The lowest BCUT2D eigenvalue weighted by atomic mass is 10.0. The van der Waals surface area contributed by atoms with Crippen LogP contribution in [0.15, 0.2) is 18.3 Å². The molecule has 0 saturated carbocycles. The van der Waals surface area contributed by atoms with Crippen LogP contribution in [0.25, 0.3) is 0 Å². The highest BCUT2D eigenvalue weighted by Crippen LogP contribution is 2.23. The maximum atomic E-state index is 6.34. The number of nitrogens with zero attached hydrogens (tertiary/aromatic N) is 1. The van der Waals surface area contributed by atoms with Gasteiger partial charge in [0.2, 0.25) is 0 Å². The topological polar surface area (TPSA) is 22.1 Å². The van der Waals surface area contributed by atoms with Crippen molar-refractivity contribution < 1.29 is 4.74 Å². The second kappa shape index (κ2) is 4.95. The number of pyridine rings is 1. The molecule has 3 heteroatoms. The largest absolute Gasteiger partial charge is 0.381 e. The highest BCUT2D eigenvalue weighted by molar-refractivity contribution is 6.20. The number of hydrogen-bond acceptors (Lipinski definition) is 2. The van der Waals surface area contributed by atoms with Crippen molar-refractivity contribution in [3.8, 4) is 0 Å². The van der Waals surface area contributed by atoms with Crippen molar-refractivity contribution in [2.75, 3.05) is 13.2 Å². The quantitative estimate of drug-likeness (QED) is 0.738. The van der Waals surface area contributed by atoms with E-state index in [2.05, 4.69) is 17.1 Å². The monoisotopic (exact) mass is 225 g/mol. The Morgan fingerprint density at radius 1 is 1.60 bits per heavy atom. The summed E-state index contributed by atoms with van der Waals surface area (Å²) in [5.41, 5.74) is 2.27. The van der Waals surface area contributed by atoms with Crippen molar-refractivity contribution in [3.05, 3.63) is 29.6 Å². The molecular weight excluding hydrogens is 210 g/mol. The molecule has 1 aromatic rings. The number of aromatic nitrogens is 1. The summed E-state index contributed by atoms with van der Waals surface area (Å²) in [7, 11) is 0. The normalized spacial score (nSPS) is 22.9. The maximum absolute atomic E-state index is 6.34. The van der Waals surface area contributed by atoms with Crippen molar-refractivity contribution >= 4 is 11.6 Å². The van der Waals surface area contributed by atoms with E-state index in [1.807, 2.05) is 13.1 Å². The molecule has 0 aromatic carbocycles. The van der Waals surface area contributed by atoms with E-state index in [1.54, 1.807) is 0 Å². The summed E-state index contributed by atoms with van der Waals surface area (Å²) in [6.45, 7) is 3.70. The third kappa shape index (κ3) is 2.93. The first-order valence-corrected chi connectivity index (χ1v) is 5.82. The van der Waals surface area contributed by atoms with Gasteiger partial charge >= 0.3 is 0 Å². The van der Waals surface area contributed by atoms with Crippen LogP contribution in [0.1, 0.15) is 17.7 Å². The molecule has 0 aliphatic carbocycles. The second-order valence-corrected chi connectivity index (χ2v) is 4.73. The number of hydrogen-bond donors (Lipinski definition) is 0. The summed E-state index contributed by atoms with van der Waals surface area (Å²) in [5.74, 6) is 0.495. The van der Waals surface area contributed by atoms with Crippen molar-refractivity contribution in [3.63, 3.8) is 0 Å². The molecule has 0 spiro atoms. The van der Waals surface area contributed by atoms with Gasteiger partial charge in [-0.2, -0.15) is 0 Å². The fraction of sp³-hybridized carbons (Fsp3) is 0.583. The molecule has 0 N–H and O–H groups in total. The van der Waals surface area contributed by atoms with E-state index in [1.165, 1.54) is 5.56 Å². The minimum Gasteiger partial charge on any atom is -0.381 e. The highest BCUT2D eigenvalue weighted by Gasteiger charge is 2.24. The van der Waals surface area contributed by atoms with Gasteiger partial charge in [-0.1, -0.05) is 6.07 Å². The molecule has 0 amide bonds. The second-order valence-electron chi connectivity index (χ2n) is 4.17. The molecular formula is C12H16ClNO. The van der Waals surface area contributed by atoms with Gasteiger partial charge in [-0.05, 0) is 25.0 Å². The van der Waals surface area contributed by atoms with Crippen LogP contribution in [0.4, 0.5) is 0 Å². The average Bonchev–Trinajstić information content (AvgIpc) is 2.74. The van der Waals surface area contributed by atoms with Crippen molar-refractivity contribution in [2.24, 2.45) is 5.92 Å². The predicted molar refractivity (Wildman–Crippen MR) is 61.2 cm³/mol. The zero-order valence-corrected chi connectivity index (χ0v) is 9.70. The van der Waals surface area contributed by atoms with E-state index in [-0.39, 0.29) is 5.38 Å². The standard InChI is InChI=1S/C12H16ClNO/c1-9-2-3-11(14-7-9)6-12(13)10-4-5-15-8-10/h2-3,7,10,12H,4-6,8H2,1H3. The summed E-state index contributed by atoms with van der Waals surface area (Å²) in [6.07, 6.45) is 3.82. The summed E-state index contributed by atoms with van der Waals surface area (Å²) in [5, 5.41) is 0.155. The number of ether oxygens (including phenoxy) is 1. The molecule has 0 bridgehead atoms. The molecule has 2 unspecified atom stereocenters. The van der Waals surface area contributed by atoms with Gasteiger partial charge in [0.25, 0.3) is 0 Å². The van der Waals surface area contributed by atoms with E-state index < -0.39 is 0 Å². The zero-order chi connectivity index (χ0) is 10.7. The number of aryl methyl sites for hydroxylation is 1. The molecule has 1 fully saturated rings. The maximum Gasteiger partial charge on any atom is 0.0509 e. The van der Waals surface area contributed by atoms with Gasteiger partial charge in [0.1, 0.15) is 0 Å². The third-order valence-corrected chi connectivity index (χ3v) is 3.36. The number of rotatable bonds is 3. The first-order valence-electron chi connectivity index (χ1n) is 5.39. The fourth-order valence-corrected chi connectivity index (χ4v) is 2.18. The predicted octanol–water partition coefficient (Wildman–Crippen LogP) is 2.58. The highest BCUT2D eigenvalue weighted by atomic mass is 35.5. The number of alkyl halides is 1. The molecule has 1 aliphatic rings. The van der Waals surface area contributed by atoms with Crippen LogP contribution in [0.5, 0.6) is 0 Å². The summed E-state index contributed by atoms with van der Waals surface area (Å²) in [6, 6.07) is 4.14.